The molecule has 0 spiro atoms. The fraction of sp³-hybridized carbons (Fsp3) is 0.208. The molecule has 0 bridgehead atoms. The zero-order chi connectivity index (χ0) is 21.6. The van der Waals surface area contributed by atoms with Gasteiger partial charge in [-0.15, -0.1) is 0 Å². The van der Waals surface area contributed by atoms with E-state index in [0.717, 1.165) is 22.5 Å². The number of aromatic nitrogens is 5. The first-order valence-corrected chi connectivity index (χ1v) is 10.2. The number of halogens is 1. The van der Waals surface area contributed by atoms with Crippen LogP contribution in [0.3, 0.4) is 0 Å². The van der Waals surface area contributed by atoms with E-state index in [4.69, 9.17) is 0 Å². The first-order valence-electron chi connectivity index (χ1n) is 10.2. The second-order valence-corrected chi connectivity index (χ2v) is 7.94. The van der Waals surface area contributed by atoms with E-state index in [1.54, 1.807) is 16.8 Å². The summed E-state index contributed by atoms with van der Waals surface area (Å²) in [4.78, 5) is 8.84. The Morgan fingerprint density at radius 2 is 1.90 bits per heavy atom. The fourth-order valence-corrected chi connectivity index (χ4v) is 4.07. The molecule has 1 aliphatic rings. The minimum atomic E-state index is -1.26. The van der Waals surface area contributed by atoms with Crippen molar-refractivity contribution in [3.05, 3.63) is 94.8 Å². The van der Waals surface area contributed by atoms with Gasteiger partial charge in [0.15, 0.2) is 17.2 Å². The second-order valence-electron chi connectivity index (χ2n) is 7.94. The molecule has 156 valence electrons. The molecule has 6 nitrogen and oxygen atoms in total. The van der Waals surface area contributed by atoms with E-state index in [1.165, 1.54) is 12.1 Å². The van der Waals surface area contributed by atoms with Crippen LogP contribution in [0.25, 0.3) is 17.8 Å². The summed E-state index contributed by atoms with van der Waals surface area (Å²) in [6.07, 6.45) is 8.07. The maximum Gasteiger partial charge on any atom is 0.174 e. The van der Waals surface area contributed by atoms with E-state index in [0.29, 0.717) is 30.2 Å². The van der Waals surface area contributed by atoms with Crippen molar-refractivity contribution in [1.29, 1.82) is 0 Å². The summed E-state index contributed by atoms with van der Waals surface area (Å²) >= 11 is 0. The number of rotatable bonds is 4. The highest BCUT2D eigenvalue weighted by atomic mass is 19.1. The Kier molecular flexibility index (Phi) is 4.55. The number of aliphatic hydroxyl groups is 1. The van der Waals surface area contributed by atoms with Gasteiger partial charge in [0.25, 0.3) is 0 Å². The monoisotopic (exact) mass is 415 g/mol. The molecular formula is C24H22FN5O. The standard InChI is InChI=1S/C24H22FN5O/c1-16-13-18(3-9-21(16)29-14-17(2)26-15-29)4-10-22-27-23-24(31,11-12-30(23)28-22)19-5-7-20(25)8-6-19/h3-10,13-15,31H,11-12H2,1-2H3/b10-4+. The number of nitrogens with zero attached hydrogens (tertiary/aromatic N) is 5. The van der Waals surface area contributed by atoms with Gasteiger partial charge in [0, 0.05) is 24.8 Å². The quantitative estimate of drug-likeness (QED) is 0.546. The minimum absolute atomic E-state index is 0.333. The predicted molar refractivity (Wildman–Crippen MR) is 116 cm³/mol. The minimum Gasteiger partial charge on any atom is -0.377 e. The number of aryl methyl sites for hydroxylation is 3. The molecule has 0 fully saturated rings. The van der Waals surface area contributed by atoms with Crippen molar-refractivity contribution < 1.29 is 9.50 Å². The Morgan fingerprint density at radius 3 is 2.61 bits per heavy atom. The zero-order valence-corrected chi connectivity index (χ0v) is 17.3. The van der Waals surface area contributed by atoms with Crippen LogP contribution >= 0.6 is 0 Å². The number of hydrogen-bond donors (Lipinski definition) is 1. The van der Waals surface area contributed by atoms with Crippen molar-refractivity contribution >= 4 is 12.2 Å². The third-order valence-corrected chi connectivity index (χ3v) is 5.70. The molecular weight excluding hydrogens is 393 g/mol. The van der Waals surface area contributed by atoms with Gasteiger partial charge in [0.1, 0.15) is 5.82 Å². The topological polar surface area (TPSA) is 68.8 Å². The lowest BCUT2D eigenvalue weighted by Gasteiger charge is -2.20. The van der Waals surface area contributed by atoms with Gasteiger partial charge in [0.2, 0.25) is 0 Å². The first-order chi connectivity index (χ1) is 14.9. The third-order valence-electron chi connectivity index (χ3n) is 5.70. The molecule has 7 heteroatoms. The summed E-state index contributed by atoms with van der Waals surface area (Å²) in [6.45, 7) is 4.59. The number of hydrogen-bond acceptors (Lipinski definition) is 4. The van der Waals surface area contributed by atoms with Gasteiger partial charge in [-0.25, -0.2) is 19.0 Å². The van der Waals surface area contributed by atoms with Crippen LogP contribution in [0.2, 0.25) is 0 Å². The third kappa shape index (κ3) is 3.47. The Morgan fingerprint density at radius 1 is 1.10 bits per heavy atom. The average Bonchev–Trinajstić information content (AvgIpc) is 3.44. The SMILES string of the molecule is Cc1cn(-c2ccc(/C=C/c3nc4n(n3)CCC4(O)c3ccc(F)cc3)cc2C)cn1. The molecule has 0 aliphatic carbocycles. The highest BCUT2D eigenvalue weighted by molar-refractivity contribution is 5.68. The maximum atomic E-state index is 13.3. The van der Waals surface area contributed by atoms with Crippen molar-refractivity contribution in [2.24, 2.45) is 0 Å². The largest absolute Gasteiger partial charge is 0.377 e. The first kappa shape index (κ1) is 19.4. The summed E-state index contributed by atoms with van der Waals surface area (Å²) in [6, 6.07) is 12.1. The Labute approximate surface area is 179 Å². The van der Waals surface area contributed by atoms with Gasteiger partial charge in [-0.05, 0) is 60.9 Å². The molecule has 3 heterocycles. The molecule has 1 atom stereocenters. The van der Waals surface area contributed by atoms with Crippen molar-refractivity contribution in [3.63, 3.8) is 0 Å². The molecule has 31 heavy (non-hydrogen) atoms. The number of imidazole rings is 1. The molecule has 1 aliphatic heterocycles. The van der Waals surface area contributed by atoms with Crippen LogP contribution < -0.4 is 0 Å². The van der Waals surface area contributed by atoms with Gasteiger partial charge in [-0.2, -0.15) is 5.10 Å². The van der Waals surface area contributed by atoms with Crippen LogP contribution in [-0.4, -0.2) is 29.4 Å². The summed E-state index contributed by atoms with van der Waals surface area (Å²) < 4.78 is 17.0. The van der Waals surface area contributed by atoms with Gasteiger partial charge >= 0.3 is 0 Å². The molecule has 2 aromatic heterocycles. The van der Waals surface area contributed by atoms with Crippen LogP contribution in [0.5, 0.6) is 0 Å². The van der Waals surface area contributed by atoms with Crippen molar-refractivity contribution in [2.45, 2.75) is 32.4 Å². The lowest BCUT2D eigenvalue weighted by atomic mass is 9.92. The molecule has 4 aromatic rings. The van der Waals surface area contributed by atoms with Crippen LogP contribution in [-0.2, 0) is 12.1 Å². The number of benzene rings is 2. The molecule has 1 N–H and O–H groups in total. The van der Waals surface area contributed by atoms with E-state index in [1.807, 2.05) is 42.2 Å². The summed E-state index contributed by atoms with van der Waals surface area (Å²) in [5, 5.41) is 15.7. The van der Waals surface area contributed by atoms with E-state index in [9.17, 15) is 9.50 Å². The van der Waals surface area contributed by atoms with E-state index in [2.05, 4.69) is 34.1 Å². The lowest BCUT2D eigenvalue weighted by Crippen LogP contribution is -2.25. The van der Waals surface area contributed by atoms with Gasteiger partial charge in [0.05, 0.1) is 12.0 Å². The van der Waals surface area contributed by atoms with Crippen LogP contribution in [0.15, 0.2) is 55.0 Å². The van der Waals surface area contributed by atoms with Gasteiger partial charge in [-0.3, -0.25) is 0 Å². The van der Waals surface area contributed by atoms with Crippen molar-refractivity contribution in [3.8, 4) is 5.69 Å². The zero-order valence-electron chi connectivity index (χ0n) is 17.3. The molecule has 2 aromatic carbocycles. The molecule has 1 unspecified atom stereocenters. The summed E-state index contributed by atoms with van der Waals surface area (Å²) in [5.41, 5.74) is 3.58. The van der Waals surface area contributed by atoms with E-state index >= 15 is 0 Å². The van der Waals surface area contributed by atoms with Gasteiger partial charge < -0.3 is 9.67 Å². The Bertz CT molecular complexity index is 1290. The molecule has 0 radical (unpaired) electrons. The fourth-order valence-electron chi connectivity index (χ4n) is 4.07. The smallest absolute Gasteiger partial charge is 0.174 e. The molecule has 0 saturated heterocycles. The molecule has 5 rings (SSSR count). The summed E-state index contributed by atoms with van der Waals surface area (Å²) in [7, 11) is 0. The molecule has 0 saturated carbocycles. The van der Waals surface area contributed by atoms with Crippen LogP contribution in [0, 0.1) is 19.7 Å². The van der Waals surface area contributed by atoms with Crippen molar-refractivity contribution in [1.82, 2.24) is 24.3 Å². The van der Waals surface area contributed by atoms with Crippen molar-refractivity contribution in [2.75, 3.05) is 0 Å². The Balaban J connectivity index is 1.40. The lowest BCUT2D eigenvalue weighted by molar-refractivity contribution is 0.0785. The van der Waals surface area contributed by atoms with E-state index < -0.39 is 5.60 Å². The maximum absolute atomic E-state index is 13.3. The summed E-state index contributed by atoms with van der Waals surface area (Å²) in [5.74, 6) is 0.683. The van der Waals surface area contributed by atoms with Crippen LogP contribution in [0.1, 0.15) is 40.5 Å². The second kappa shape index (κ2) is 7.28. The normalized spacial score (nSPS) is 18.1. The van der Waals surface area contributed by atoms with E-state index in [-0.39, 0.29) is 5.82 Å². The predicted octanol–water partition coefficient (Wildman–Crippen LogP) is 4.03. The van der Waals surface area contributed by atoms with Crippen LogP contribution in [0.4, 0.5) is 4.39 Å². The Hall–Kier alpha value is -3.58. The molecule has 0 amide bonds. The average molecular weight is 415 g/mol. The number of fused-ring (bicyclic) bond motifs is 1. The van der Waals surface area contributed by atoms with Gasteiger partial charge in [-0.1, -0.05) is 24.3 Å². The highest BCUT2D eigenvalue weighted by Gasteiger charge is 2.41. The highest BCUT2D eigenvalue weighted by Crippen LogP contribution is 2.37.